The van der Waals surface area contributed by atoms with Crippen molar-refractivity contribution in [1.29, 1.82) is 0 Å². The molecule has 4 fully saturated rings. The summed E-state index contributed by atoms with van der Waals surface area (Å²) < 4.78 is 56.2. The van der Waals surface area contributed by atoms with Crippen LogP contribution in [0.1, 0.15) is 105 Å². The summed E-state index contributed by atoms with van der Waals surface area (Å²) in [6.07, 6.45) is -10.5. The van der Waals surface area contributed by atoms with E-state index in [4.69, 9.17) is 54.2 Å². The maximum absolute atomic E-state index is 14.7. The van der Waals surface area contributed by atoms with E-state index in [9.17, 15) is 29.4 Å². The predicted octanol–water partition coefficient (Wildman–Crippen LogP) is 4.82. The number of hydrazine groups is 1. The zero-order valence-corrected chi connectivity index (χ0v) is 42.2. The number of aliphatic hydroxyl groups excluding tert-OH is 1. The fourth-order valence-corrected chi connectivity index (χ4v) is 10.6. The molecule has 4 heterocycles. The standard InChI is InChI=1S/C47H75ClN4O15/c1-15-33-47(10)38(66-44(57)67-47)28(6)52(13)23-24(2)21-45(8,58)37(64-42-35(53)32(51(11)12)20-25(3)60-42)26(4)36(27(5)41(55)62-33)63-34-22-46(9,59-14)39(29(7)61-34)65-43(56)50-49-40(54)30-16-18-31(48)19-17-30/h16-19,24-29,32-39,42,53,58H,15,20-23H2,1-14H3,(H,49,54)(H,50,56)/t24-,25-,26+,27-,28-,29+,32+,33-,34+,35-,36+,37-,38-,39+,42+,45-,46-,47-/m1/s1. The maximum Gasteiger partial charge on any atom is 0.509 e. The third-order valence-electron chi connectivity index (χ3n) is 14.2. The molecule has 19 nitrogen and oxygen atoms in total. The molecule has 4 saturated heterocycles. The molecule has 2 amide bonds. The minimum Gasteiger partial charge on any atom is -0.458 e. The summed E-state index contributed by atoms with van der Waals surface area (Å²) in [6, 6.07) is 5.36. The van der Waals surface area contributed by atoms with Crippen molar-refractivity contribution >= 4 is 35.7 Å². The van der Waals surface area contributed by atoms with Gasteiger partial charge in [-0.2, -0.15) is 0 Å². The molecule has 20 heteroatoms. The third kappa shape index (κ3) is 12.5. The number of halogens is 1. The summed E-state index contributed by atoms with van der Waals surface area (Å²) in [7, 11) is 7.09. The molecule has 67 heavy (non-hydrogen) atoms. The number of hydrogen-bond acceptors (Lipinski definition) is 17. The minimum atomic E-state index is -1.63. The number of fused-ring (bicyclic) bond motifs is 1. The van der Waals surface area contributed by atoms with Crippen molar-refractivity contribution in [3.8, 4) is 0 Å². The Labute approximate surface area is 400 Å². The number of amides is 2. The fourth-order valence-electron chi connectivity index (χ4n) is 10.5. The maximum atomic E-state index is 14.7. The molecule has 1 aromatic carbocycles. The highest BCUT2D eigenvalue weighted by atomic mass is 35.5. The van der Waals surface area contributed by atoms with Gasteiger partial charge in [-0.05, 0) is 119 Å². The third-order valence-corrected chi connectivity index (χ3v) is 14.5. The van der Waals surface area contributed by atoms with Crippen LogP contribution < -0.4 is 10.9 Å². The molecule has 4 aliphatic heterocycles. The van der Waals surface area contributed by atoms with E-state index in [-0.39, 0.29) is 42.9 Å². The Hall–Kier alpha value is -3.37. The Morgan fingerprint density at radius 1 is 0.955 bits per heavy atom. The van der Waals surface area contributed by atoms with Gasteiger partial charge in [0.2, 0.25) is 0 Å². The van der Waals surface area contributed by atoms with Crippen LogP contribution in [0.5, 0.6) is 0 Å². The van der Waals surface area contributed by atoms with Crippen LogP contribution in [0.15, 0.2) is 24.3 Å². The van der Waals surface area contributed by atoms with Crippen LogP contribution in [-0.2, 0) is 47.4 Å². The molecule has 380 valence electrons. The average molecular weight is 972 g/mol. The van der Waals surface area contributed by atoms with E-state index in [1.165, 1.54) is 19.2 Å². The van der Waals surface area contributed by atoms with Crippen LogP contribution >= 0.6 is 11.6 Å². The van der Waals surface area contributed by atoms with Gasteiger partial charge in [-0.15, -0.1) is 0 Å². The molecule has 0 bridgehead atoms. The first-order valence-electron chi connectivity index (χ1n) is 23.3. The topological polar surface area (TPSA) is 222 Å². The first-order chi connectivity index (χ1) is 31.2. The second kappa shape index (κ2) is 22.2. The van der Waals surface area contributed by atoms with Crippen molar-refractivity contribution in [3.63, 3.8) is 0 Å². The predicted molar refractivity (Wildman–Crippen MR) is 244 cm³/mol. The van der Waals surface area contributed by atoms with E-state index in [1.807, 2.05) is 58.6 Å². The quantitative estimate of drug-likeness (QED) is 0.148. The number of benzene rings is 1. The van der Waals surface area contributed by atoms with Gasteiger partial charge in [0.05, 0.1) is 35.9 Å². The summed E-state index contributed by atoms with van der Waals surface area (Å²) in [5.74, 6) is -3.40. The number of carbonyl (C=O) groups excluding carboxylic acids is 4. The van der Waals surface area contributed by atoms with Crippen LogP contribution in [-0.4, -0.2) is 169 Å². The first kappa shape index (κ1) is 54.6. The Balaban J connectivity index is 1.50. The highest BCUT2D eigenvalue weighted by Gasteiger charge is 2.58. The molecule has 0 saturated carbocycles. The second-order valence-corrected chi connectivity index (χ2v) is 20.5. The number of ether oxygens (including phenoxy) is 9. The molecule has 4 aliphatic rings. The molecule has 0 spiro atoms. The molecule has 0 radical (unpaired) electrons. The van der Waals surface area contributed by atoms with Gasteiger partial charge in [-0.3, -0.25) is 19.9 Å². The highest BCUT2D eigenvalue weighted by molar-refractivity contribution is 6.30. The van der Waals surface area contributed by atoms with Crippen LogP contribution in [0.3, 0.4) is 0 Å². The molecule has 1 aromatic rings. The van der Waals surface area contributed by atoms with E-state index < -0.39 is 114 Å². The number of cyclic esters (lactones) is 1. The lowest BCUT2D eigenvalue weighted by molar-refractivity contribution is -0.317. The van der Waals surface area contributed by atoms with Crippen LogP contribution in [0, 0.1) is 17.8 Å². The average Bonchev–Trinajstić information content (AvgIpc) is 3.57. The van der Waals surface area contributed by atoms with Gasteiger partial charge in [-0.25, -0.2) is 15.0 Å². The Morgan fingerprint density at radius 3 is 2.22 bits per heavy atom. The summed E-state index contributed by atoms with van der Waals surface area (Å²) in [6.45, 7) is 18.3. The van der Waals surface area contributed by atoms with Crippen molar-refractivity contribution in [2.75, 3.05) is 34.8 Å². The smallest absolute Gasteiger partial charge is 0.458 e. The van der Waals surface area contributed by atoms with E-state index in [1.54, 1.807) is 53.7 Å². The van der Waals surface area contributed by atoms with Crippen molar-refractivity contribution < 1.29 is 72.0 Å². The molecule has 4 N–H and O–H groups in total. The van der Waals surface area contributed by atoms with Crippen molar-refractivity contribution in [1.82, 2.24) is 20.7 Å². The summed E-state index contributed by atoms with van der Waals surface area (Å²) in [4.78, 5) is 57.3. The van der Waals surface area contributed by atoms with Crippen LogP contribution in [0.25, 0.3) is 0 Å². The largest absolute Gasteiger partial charge is 0.509 e. The lowest BCUT2D eigenvalue weighted by atomic mass is 9.77. The number of methoxy groups -OCH3 is 1. The Kier molecular flexibility index (Phi) is 18.0. The number of nitrogens with one attached hydrogen (secondary N) is 2. The Bertz CT molecular complexity index is 1860. The number of hydrogen-bond donors (Lipinski definition) is 4. The fraction of sp³-hybridized carbons (Fsp3) is 0.787. The van der Waals surface area contributed by atoms with Gasteiger partial charge in [0.25, 0.3) is 5.91 Å². The van der Waals surface area contributed by atoms with E-state index >= 15 is 0 Å². The van der Waals surface area contributed by atoms with Gasteiger partial charge in [-0.1, -0.05) is 32.4 Å². The zero-order valence-electron chi connectivity index (χ0n) is 41.5. The summed E-state index contributed by atoms with van der Waals surface area (Å²) >= 11 is 5.95. The molecular formula is C47H75ClN4O15. The summed E-state index contributed by atoms with van der Waals surface area (Å²) in [5.41, 5.74) is 0.593. The number of likely N-dealkylation sites (N-methyl/N-ethyl adjacent to an activating group) is 2. The monoisotopic (exact) mass is 970 g/mol. The van der Waals surface area contributed by atoms with Crippen molar-refractivity contribution in [2.45, 2.75) is 185 Å². The molecule has 0 unspecified atom stereocenters. The normalized spacial score (nSPS) is 41.4. The number of esters is 1. The first-order valence-corrected chi connectivity index (χ1v) is 23.7. The lowest BCUT2D eigenvalue weighted by Crippen LogP contribution is -2.61. The number of rotatable bonds is 9. The van der Waals surface area contributed by atoms with Crippen molar-refractivity contribution in [2.24, 2.45) is 17.8 Å². The van der Waals surface area contributed by atoms with Gasteiger partial charge in [0, 0.05) is 48.7 Å². The van der Waals surface area contributed by atoms with Gasteiger partial charge >= 0.3 is 18.2 Å². The number of nitrogens with zero attached hydrogens (tertiary/aromatic N) is 2. The molecular weight excluding hydrogens is 896 g/mol. The van der Waals surface area contributed by atoms with E-state index in [0.29, 0.717) is 18.0 Å². The SMILES string of the molecule is CC[C@H]1OC(=O)[C@H](C)[C@@H](O[C@H]2C[C@@](C)(OC)[C@@H](OC(=O)NNC(=O)c3ccc(Cl)cc3)[C@H](C)O2)[C@H](C)[C@@H](O[C@@H]2O[C@H](C)C[C@H](N(C)C)[C@H]2O)[C@](C)(O)C[C@@H](C)CN(C)[C@H](C)[C@H]2OC(=O)O[C@@]21C. The van der Waals surface area contributed by atoms with E-state index in [2.05, 4.69) is 10.9 Å². The van der Waals surface area contributed by atoms with Gasteiger partial charge < -0.3 is 57.7 Å². The van der Waals surface area contributed by atoms with Crippen LogP contribution in [0.2, 0.25) is 5.02 Å². The minimum absolute atomic E-state index is 0.0197. The number of carbonyl (C=O) groups is 4. The van der Waals surface area contributed by atoms with E-state index in [0.717, 1.165) is 0 Å². The molecule has 0 aromatic heterocycles. The van der Waals surface area contributed by atoms with Gasteiger partial charge in [0.1, 0.15) is 17.8 Å². The number of aliphatic hydroxyl groups is 2. The Morgan fingerprint density at radius 2 is 1.61 bits per heavy atom. The van der Waals surface area contributed by atoms with Crippen molar-refractivity contribution in [3.05, 3.63) is 34.9 Å². The molecule has 18 atom stereocenters. The lowest BCUT2D eigenvalue weighted by Gasteiger charge is -2.49. The second-order valence-electron chi connectivity index (χ2n) is 20.0. The van der Waals surface area contributed by atoms with Crippen LogP contribution in [0.4, 0.5) is 9.59 Å². The van der Waals surface area contributed by atoms with Gasteiger partial charge in [0.15, 0.2) is 30.4 Å². The summed E-state index contributed by atoms with van der Waals surface area (Å²) in [5, 5.41) is 24.9. The molecule has 5 rings (SSSR count). The zero-order chi connectivity index (χ0) is 49.9. The highest BCUT2D eigenvalue weighted by Crippen LogP contribution is 2.42. The molecule has 0 aliphatic carbocycles.